The molecule has 0 bridgehead atoms. The molecule has 1 atom stereocenters. The second-order valence-electron chi connectivity index (χ2n) is 4.63. The van der Waals surface area contributed by atoms with Gasteiger partial charge in [0.05, 0.1) is 10.3 Å². The van der Waals surface area contributed by atoms with E-state index in [-0.39, 0.29) is 4.83 Å². The van der Waals surface area contributed by atoms with E-state index in [2.05, 4.69) is 55.9 Å². The lowest BCUT2D eigenvalue weighted by atomic mass is 10.0. The lowest BCUT2D eigenvalue weighted by molar-refractivity contribution is 0.555. The lowest BCUT2D eigenvalue weighted by Gasteiger charge is -2.13. The fourth-order valence-electron chi connectivity index (χ4n) is 2.22. The van der Waals surface area contributed by atoms with Crippen LogP contribution in [0.1, 0.15) is 21.5 Å². The van der Waals surface area contributed by atoms with Gasteiger partial charge in [-0.3, -0.25) is 4.98 Å². The summed E-state index contributed by atoms with van der Waals surface area (Å²) < 4.78 is 6.17. The standard InChI is InChI=1S/C15H11Br2NO2/c1-8-6-10(16)3-4-11(8)14(17)9-2-5-12-13(7-9)20-15(19)18-12/h2-7,14H,1H3,(H,18,19). The largest absolute Gasteiger partial charge is 0.417 e. The molecular weight excluding hydrogens is 386 g/mol. The summed E-state index contributed by atoms with van der Waals surface area (Å²) in [4.78, 5) is 13.9. The highest BCUT2D eigenvalue weighted by Gasteiger charge is 2.14. The fourth-order valence-corrected chi connectivity index (χ4v) is 3.50. The molecule has 0 aliphatic rings. The molecule has 3 nitrogen and oxygen atoms in total. The van der Waals surface area contributed by atoms with Gasteiger partial charge >= 0.3 is 5.76 Å². The summed E-state index contributed by atoms with van der Waals surface area (Å²) in [5.41, 5.74) is 4.71. The highest BCUT2D eigenvalue weighted by molar-refractivity contribution is 9.10. The Morgan fingerprint density at radius 3 is 2.75 bits per heavy atom. The van der Waals surface area contributed by atoms with Crippen molar-refractivity contribution < 1.29 is 4.42 Å². The first kappa shape index (κ1) is 13.6. The summed E-state index contributed by atoms with van der Waals surface area (Å²) in [5.74, 6) is -0.428. The van der Waals surface area contributed by atoms with Crippen LogP contribution >= 0.6 is 31.9 Å². The number of halogens is 2. The van der Waals surface area contributed by atoms with Crippen LogP contribution in [0.25, 0.3) is 11.1 Å². The number of fused-ring (bicyclic) bond motifs is 1. The first-order chi connectivity index (χ1) is 9.54. The van der Waals surface area contributed by atoms with Crippen LogP contribution in [-0.4, -0.2) is 4.98 Å². The van der Waals surface area contributed by atoms with Crippen LogP contribution in [0, 0.1) is 6.92 Å². The maximum Gasteiger partial charge on any atom is 0.417 e. The molecule has 1 aromatic heterocycles. The Morgan fingerprint density at radius 1 is 1.20 bits per heavy atom. The molecule has 0 fully saturated rings. The number of hydrogen-bond acceptors (Lipinski definition) is 2. The first-order valence-electron chi connectivity index (χ1n) is 6.07. The molecule has 3 rings (SSSR count). The van der Waals surface area contributed by atoms with Crippen molar-refractivity contribution in [1.82, 2.24) is 4.98 Å². The third-order valence-corrected chi connectivity index (χ3v) is 4.76. The third-order valence-electron chi connectivity index (χ3n) is 3.24. The van der Waals surface area contributed by atoms with Crippen molar-refractivity contribution in [3.63, 3.8) is 0 Å². The van der Waals surface area contributed by atoms with E-state index in [1.165, 1.54) is 11.1 Å². The van der Waals surface area contributed by atoms with Gasteiger partial charge in [-0.05, 0) is 47.9 Å². The number of hydrogen-bond donors (Lipinski definition) is 1. The Hall–Kier alpha value is -1.33. The molecule has 1 N–H and O–H groups in total. The highest BCUT2D eigenvalue weighted by atomic mass is 79.9. The minimum absolute atomic E-state index is 0.0557. The molecule has 1 unspecified atom stereocenters. The Labute approximate surface area is 132 Å². The van der Waals surface area contributed by atoms with E-state index in [1.54, 1.807) is 0 Å². The smallest absolute Gasteiger partial charge is 0.408 e. The predicted octanol–water partition coefficient (Wildman–Crippen LogP) is 4.68. The highest BCUT2D eigenvalue weighted by Crippen LogP contribution is 2.34. The van der Waals surface area contributed by atoms with Crippen molar-refractivity contribution in [3.05, 3.63) is 68.1 Å². The number of alkyl halides is 1. The number of oxazole rings is 1. The SMILES string of the molecule is Cc1cc(Br)ccc1C(Br)c1ccc2[nH]c(=O)oc2c1. The second kappa shape index (κ2) is 5.22. The predicted molar refractivity (Wildman–Crippen MR) is 86.5 cm³/mol. The van der Waals surface area contributed by atoms with Gasteiger partial charge in [0, 0.05) is 4.47 Å². The molecule has 0 saturated carbocycles. The van der Waals surface area contributed by atoms with Crippen molar-refractivity contribution in [1.29, 1.82) is 0 Å². The van der Waals surface area contributed by atoms with E-state index in [4.69, 9.17) is 4.42 Å². The molecule has 102 valence electrons. The summed E-state index contributed by atoms with van der Waals surface area (Å²) in [7, 11) is 0. The van der Waals surface area contributed by atoms with Crippen LogP contribution in [0.2, 0.25) is 0 Å². The van der Waals surface area contributed by atoms with Crippen LogP contribution < -0.4 is 5.76 Å². The van der Waals surface area contributed by atoms with Gasteiger partial charge in [0.1, 0.15) is 0 Å². The summed E-state index contributed by atoms with van der Waals surface area (Å²) in [5, 5.41) is 0. The second-order valence-corrected chi connectivity index (χ2v) is 6.46. The van der Waals surface area contributed by atoms with E-state index in [0.717, 1.165) is 10.0 Å². The molecule has 0 spiro atoms. The molecule has 0 aliphatic carbocycles. The van der Waals surface area contributed by atoms with Crippen molar-refractivity contribution in [3.8, 4) is 0 Å². The molecule has 0 saturated heterocycles. The van der Waals surface area contributed by atoms with Gasteiger partial charge in [0.25, 0.3) is 0 Å². The molecule has 3 aromatic rings. The monoisotopic (exact) mass is 395 g/mol. The van der Waals surface area contributed by atoms with Crippen molar-refractivity contribution >= 4 is 43.0 Å². The summed E-state index contributed by atoms with van der Waals surface area (Å²) in [6, 6.07) is 11.9. The topological polar surface area (TPSA) is 46.0 Å². The Balaban J connectivity index is 2.06. The van der Waals surface area contributed by atoms with E-state index < -0.39 is 5.76 Å². The van der Waals surface area contributed by atoms with Crippen molar-refractivity contribution in [2.45, 2.75) is 11.8 Å². The zero-order valence-corrected chi connectivity index (χ0v) is 13.8. The molecule has 0 amide bonds. The van der Waals surface area contributed by atoms with Gasteiger partial charge in [-0.1, -0.05) is 44.0 Å². The zero-order chi connectivity index (χ0) is 14.3. The van der Waals surface area contributed by atoms with Gasteiger partial charge < -0.3 is 4.42 Å². The lowest BCUT2D eigenvalue weighted by Crippen LogP contribution is -1.95. The van der Waals surface area contributed by atoms with E-state index in [9.17, 15) is 4.79 Å². The first-order valence-corrected chi connectivity index (χ1v) is 7.78. The van der Waals surface area contributed by atoms with E-state index in [0.29, 0.717) is 11.1 Å². The van der Waals surface area contributed by atoms with Gasteiger partial charge in [-0.25, -0.2) is 4.79 Å². The molecule has 2 aromatic carbocycles. The van der Waals surface area contributed by atoms with Crippen LogP contribution in [0.5, 0.6) is 0 Å². The number of aromatic amines is 1. The molecule has 5 heteroatoms. The number of nitrogens with one attached hydrogen (secondary N) is 1. The van der Waals surface area contributed by atoms with Crippen LogP contribution in [-0.2, 0) is 0 Å². The number of H-pyrrole nitrogens is 1. The van der Waals surface area contributed by atoms with Gasteiger partial charge in [-0.2, -0.15) is 0 Å². The molecule has 20 heavy (non-hydrogen) atoms. The minimum atomic E-state index is -0.428. The third kappa shape index (κ3) is 2.47. The Morgan fingerprint density at radius 2 is 2.00 bits per heavy atom. The number of rotatable bonds is 2. The molecule has 0 aliphatic heterocycles. The van der Waals surface area contributed by atoms with Gasteiger partial charge in [0.2, 0.25) is 0 Å². The zero-order valence-electron chi connectivity index (χ0n) is 10.6. The van der Waals surface area contributed by atoms with Gasteiger partial charge in [0.15, 0.2) is 5.58 Å². The quantitative estimate of drug-likeness (QED) is 0.639. The molecular formula is C15H11Br2NO2. The maximum absolute atomic E-state index is 11.2. The minimum Gasteiger partial charge on any atom is -0.408 e. The summed E-state index contributed by atoms with van der Waals surface area (Å²) in [6.45, 7) is 2.07. The molecule has 1 heterocycles. The maximum atomic E-state index is 11.2. The summed E-state index contributed by atoms with van der Waals surface area (Å²) >= 11 is 7.18. The van der Waals surface area contributed by atoms with Crippen LogP contribution in [0.4, 0.5) is 0 Å². The average molecular weight is 397 g/mol. The number of benzene rings is 2. The van der Waals surface area contributed by atoms with E-state index >= 15 is 0 Å². The Kier molecular flexibility index (Phi) is 3.56. The normalized spacial score (nSPS) is 12.8. The van der Waals surface area contributed by atoms with Gasteiger partial charge in [-0.15, -0.1) is 0 Å². The average Bonchev–Trinajstić information content (AvgIpc) is 2.77. The summed E-state index contributed by atoms with van der Waals surface area (Å²) in [6.07, 6.45) is 0. The molecule has 0 radical (unpaired) electrons. The fraction of sp³-hybridized carbons (Fsp3) is 0.133. The Bertz CT molecular complexity index is 835. The van der Waals surface area contributed by atoms with Crippen LogP contribution in [0.15, 0.2) is 50.1 Å². The number of aryl methyl sites for hydroxylation is 1. The number of aromatic nitrogens is 1. The van der Waals surface area contributed by atoms with Crippen molar-refractivity contribution in [2.75, 3.05) is 0 Å². The van der Waals surface area contributed by atoms with Crippen molar-refractivity contribution in [2.24, 2.45) is 0 Å². The van der Waals surface area contributed by atoms with E-state index in [1.807, 2.05) is 24.3 Å². The van der Waals surface area contributed by atoms with Crippen LogP contribution in [0.3, 0.4) is 0 Å².